The Morgan fingerprint density at radius 2 is 2.14 bits per heavy atom. The number of aromatic nitrogens is 2. The van der Waals surface area contributed by atoms with Crippen LogP contribution >= 0.6 is 11.8 Å². The van der Waals surface area contributed by atoms with Gasteiger partial charge in [-0.15, -0.1) is 0 Å². The van der Waals surface area contributed by atoms with Gasteiger partial charge in [-0.3, -0.25) is 4.79 Å². The third-order valence-electron chi connectivity index (χ3n) is 3.98. The van der Waals surface area contributed by atoms with Crippen LogP contribution in [0.2, 0.25) is 0 Å². The van der Waals surface area contributed by atoms with Crippen molar-refractivity contribution < 1.29 is 9.90 Å². The fourth-order valence-corrected chi connectivity index (χ4v) is 3.19. The minimum absolute atomic E-state index is 0.302. The number of aliphatic hydroxyl groups excluding tert-OH is 1. The van der Waals surface area contributed by atoms with Crippen molar-refractivity contribution >= 4 is 17.7 Å². The molecule has 0 saturated carbocycles. The molecule has 0 fully saturated rings. The van der Waals surface area contributed by atoms with Crippen LogP contribution in [-0.4, -0.2) is 45.6 Å². The Balaban J connectivity index is 1.84. The number of amides is 1. The summed E-state index contributed by atoms with van der Waals surface area (Å²) < 4.78 is 0. The molecule has 1 aromatic rings. The van der Waals surface area contributed by atoms with Gasteiger partial charge in [0.05, 0.1) is 0 Å². The molecule has 0 aliphatic heterocycles. The molecule has 122 valence electrons. The zero-order valence-corrected chi connectivity index (χ0v) is 14.2. The van der Waals surface area contributed by atoms with Gasteiger partial charge in [0.2, 0.25) is 5.91 Å². The van der Waals surface area contributed by atoms with E-state index in [0.29, 0.717) is 19.4 Å². The van der Waals surface area contributed by atoms with Crippen LogP contribution in [0.5, 0.6) is 0 Å². The highest BCUT2D eigenvalue weighted by Crippen LogP contribution is 2.21. The van der Waals surface area contributed by atoms with Crippen LogP contribution < -0.4 is 5.32 Å². The van der Waals surface area contributed by atoms with E-state index in [9.17, 15) is 9.90 Å². The molecule has 0 unspecified atom stereocenters. The molecule has 0 saturated heterocycles. The lowest BCUT2D eigenvalue weighted by Gasteiger charge is -2.17. The molecule has 0 radical (unpaired) electrons. The average Bonchev–Trinajstić information content (AvgIpc) is 2.52. The summed E-state index contributed by atoms with van der Waals surface area (Å²) >= 11 is 1.62. The maximum Gasteiger partial charge on any atom is 0.248 e. The predicted octanol–water partition coefficient (Wildman–Crippen LogP) is 1.44. The molecule has 2 rings (SSSR count). The highest BCUT2D eigenvalue weighted by molar-refractivity contribution is 7.98. The molecular weight excluding hydrogens is 298 g/mol. The van der Waals surface area contributed by atoms with Gasteiger partial charge < -0.3 is 10.4 Å². The molecule has 1 aliphatic carbocycles. The van der Waals surface area contributed by atoms with Crippen LogP contribution in [-0.2, 0) is 24.1 Å². The first-order valence-corrected chi connectivity index (χ1v) is 9.31. The number of hydrogen-bond donors (Lipinski definition) is 2. The number of rotatable bonds is 7. The normalized spacial score (nSPS) is 15.2. The monoisotopic (exact) mass is 323 g/mol. The van der Waals surface area contributed by atoms with Gasteiger partial charge in [0.15, 0.2) is 0 Å². The summed E-state index contributed by atoms with van der Waals surface area (Å²) in [6.45, 7) is 2.51. The first-order valence-electron chi connectivity index (χ1n) is 7.91. The first kappa shape index (κ1) is 17.2. The molecule has 1 heterocycles. The second-order valence-electron chi connectivity index (χ2n) is 5.70. The van der Waals surface area contributed by atoms with Crippen molar-refractivity contribution in [2.45, 2.75) is 51.6 Å². The van der Waals surface area contributed by atoms with E-state index in [-0.39, 0.29) is 5.91 Å². The number of nitrogens with zero attached hydrogens (tertiary/aromatic N) is 2. The van der Waals surface area contributed by atoms with E-state index in [4.69, 9.17) is 0 Å². The second kappa shape index (κ2) is 8.48. The van der Waals surface area contributed by atoms with Crippen molar-refractivity contribution in [2.75, 3.05) is 18.6 Å². The molecular formula is C16H25N3O2S. The summed E-state index contributed by atoms with van der Waals surface area (Å²) in [5.41, 5.74) is 3.57. The van der Waals surface area contributed by atoms with Gasteiger partial charge >= 0.3 is 0 Å². The minimum Gasteiger partial charge on any atom is -0.383 e. The molecule has 1 atom stereocenters. The predicted molar refractivity (Wildman–Crippen MR) is 89.1 cm³/mol. The van der Waals surface area contributed by atoms with Gasteiger partial charge in [0, 0.05) is 24.4 Å². The molecule has 0 aromatic carbocycles. The standard InChI is InChI=1S/C16H25N3O2S/c1-11-12-5-3-4-6-13(12)19-15(18-11)7-9-17-16(21)14(20)8-10-22-2/h14,20H,3-10H2,1-2H3,(H,17,21)/t14-/m1/s1. The highest BCUT2D eigenvalue weighted by atomic mass is 32.2. The third-order valence-corrected chi connectivity index (χ3v) is 4.63. The topological polar surface area (TPSA) is 75.1 Å². The molecule has 2 N–H and O–H groups in total. The van der Waals surface area contributed by atoms with Crippen LogP contribution in [0.1, 0.15) is 42.0 Å². The van der Waals surface area contributed by atoms with E-state index in [1.807, 2.05) is 13.2 Å². The van der Waals surface area contributed by atoms with Crippen molar-refractivity contribution in [3.63, 3.8) is 0 Å². The Hall–Kier alpha value is -1.14. The maximum atomic E-state index is 11.7. The van der Waals surface area contributed by atoms with Crippen molar-refractivity contribution in [2.24, 2.45) is 0 Å². The zero-order valence-electron chi connectivity index (χ0n) is 13.4. The van der Waals surface area contributed by atoms with E-state index < -0.39 is 6.10 Å². The van der Waals surface area contributed by atoms with Gasteiger partial charge in [0.1, 0.15) is 11.9 Å². The molecule has 1 aliphatic rings. The van der Waals surface area contributed by atoms with E-state index in [1.54, 1.807) is 11.8 Å². The molecule has 0 bridgehead atoms. The van der Waals surface area contributed by atoms with E-state index in [1.165, 1.54) is 24.1 Å². The molecule has 5 nitrogen and oxygen atoms in total. The number of carbonyl (C=O) groups excluding carboxylic acids is 1. The lowest BCUT2D eigenvalue weighted by molar-refractivity contribution is -0.129. The number of nitrogens with one attached hydrogen (secondary N) is 1. The number of carbonyl (C=O) groups is 1. The zero-order chi connectivity index (χ0) is 15.9. The van der Waals surface area contributed by atoms with Gasteiger partial charge in [-0.25, -0.2) is 9.97 Å². The van der Waals surface area contributed by atoms with Crippen molar-refractivity contribution in [1.29, 1.82) is 0 Å². The lowest BCUT2D eigenvalue weighted by atomic mass is 9.95. The second-order valence-corrected chi connectivity index (χ2v) is 6.68. The van der Waals surface area contributed by atoms with E-state index in [2.05, 4.69) is 15.3 Å². The largest absolute Gasteiger partial charge is 0.383 e. The van der Waals surface area contributed by atoms with Crippen molar-refractivity contribution in [3.05, 3.63) is 22.8 Å². The molecule has 0 spiro atoms. The Morgan fingerprint density at radius 1 is 1.36 bits per heavy atom. The Labute approximate surface area is 136 Å². The van der Waals surface area contributed by atoms with Crippen LogP contribution in [0.25, 0.3) is 0 Å². The number of hydrogen-bond acceptors (Lipinski definition) is 5. The fourth-order valence-electron chi connectivity index (χ4n) is 2.73. The Morgan fingerprint density at radius 3 is 2.91 bits per heavy atom. The summed E-state index contributed by atoms with van der Waals surface area (Å²) in [5.74, 6) is 1.27. The summed E-state index contributed by atoms with van der Waals surface area (Å²) in [5, 5.41) is 12.5. The summed E-state index contributed by atoms with van der Waals surface area (Å²) in [6.07, 6.45) is 6.67. The van der Waals surface area contributed by atoms with Gasteiger partial charge in [-0.05, 0) is 56.6 Å². The smallest absolute Gasteiger partial charge is 0.248 e. The first-order chi connectivity index (χ1) is 10.6. The number of fused-ring (bicyclic) bond motifs is 1. The Kier molecular flexibility index (Phi) is 6.64. The van der Waals surface area contributed by atoms with Crippen LogP contribution in [0, 0.1) is 6.92 Å². The Bertz CT molecular complexity index is 522. The van der Waals surface area contributed by atoms with E-state index in [0.717, 1.165) is 30.1 Å². The average molecular weight is 323 g/mol. The van der Waals surface area contributed by atoms with Gasteiger partial charge in [-0.1, -0.05) is 0 Å². The number of aryl methyl sites for hydroxylation is 2. The summed E-state index contributed by atoms with van der Waals surface area (Å²) in [4.78, 5) is 20.9. The SMILES string of the molecule is CSCC[C@@H](O)C(=O)NCCc1nc(C)c2c(n1)CCCC2. The third kappa shape index (κ3) is 4.68. The molecule has 1 aromatic heterocycles. The fraction of sp³-hybridized carbons (Fsp3) is 0.688. The molecule has 22 heavy (non-hydrogen) atoms. The van der Waals surface area contributed by atoms with Crippen molar-refractivity contribution in [1.82, 2.24) is 15.3 Å². The van der Waals surface area contributed by atoms with Crippen LogP contribution in [0.3, 0.4) is 0 Å². The summed E-state index contributed by atoms with van der Waals surface area (Å²) in [6, 6.07) is 0. The maximum absolute atomic E-state index is 11.7. The van der Waals surface area contributed by atoms with Crippen molar-refractivity contribution in [3.8, 4) is 0 Å². The number of thioether (sulfide) groups is 1. The van der Waals surface area contributed by atoms with Gasteiger partial charge in [-0.2, -0.15) is 11.8 Å². The molecule has 1 amide bonds. The highest BCUT2D eigenvalue weighted by Gasteiger charge is 2.16. The minimum atomic E-state index is -0.918. The van der Waals surface area contributed by atoms with Crippen LogP contribution in [0.15, 0.2) is 0 Å². The summed E-state index contributed by atoms with van der Waals surface area (Å²) in [7, 11) is 0. The quantitative estimate of drug-likeness (QED) is 0.794. The lowest BCUT2D eigenvalue weighted by Crippen LogP contribution is -2.36. The number of aliphatic hydroxyl groups is 1. The van der Waals surface area contributed by atoms with E-state index >= 15 is 0 Å². The van der Waals surface area contributed by atoms with Gasteiger partial charge in [0.25, 0.3) is 0 Å². The molecule has 6 heteroatoms. The van der Waals surface area contributed by atoms with Crippen LogP contribution in [0.4, 0.5) is 0 Å².